The molecule has 2 heterocycles. The lowest BCUT2D eigenvalue weighted by atomic mass is 10.1. The average Bonchev–Trinajstić information content (AvgIpc) is 2.68. The third-order valence-electron chi connectivity index (χ3n) is 3.75. The summed E-state index contributed by atoms with van der Waals surface area (Å²) in [6, 6.07) is 2.65. The molecule has 7 nitrogen and oxygen atoms in total. The second-order valence-corrected chi connectivity index (χ2v) is 5.76. The number of hydrogen-bond acceptors (Lipinski definition) is 5. The van der Waals surface area contributed by atoms with Crippen LogP contribution in [0.2, 0.25) is 0 Å². The van der Waals surface area contributed by atoms with Crippen LogP contribution in [-0.4, -0.2) is 32.9 Å². The lowest BCUT2D eigenvalue weighted by molar-refractivity contribution is -0.109. The van der Waals surface area contributed by atoms with Crippen molar-refractivity contribution in [3.8, 4) is 5.69 Å². The molecule has 8 heteroatoms. The van der Waals surface area contributed by atoms with Crippen molar-refractivity contribution < 1.29 is 14.2 Å². The van der Waals surface area contributed by atoms with E-state index >= 15 is 0 Å². The van der Waals surface area contributed by atoms with Gasteiger partial charge in [-0.2, -0.15) is 5.10 Å². The van der Waals surface area contributed by atoms with Gasteiger partial charge in [0.25, 0.3) is 0 Å². The zero-order chi connectivity index (χ0) is 20.5. The predicted octanol–water partition coefficient (Wildman–Crippen LogP) is 1.96. The van der Waals surface area contributed by atoms with Gasteiger partial charge in [-0.15, -0.1) is 0 Å². The molecule has 3 N–H and O–H groups in total. The van der Waals surface area contributed by atoms with E-state index in [2.05, 4.69) is 22.0 Å². The Hall–Kier alpha value is -3.10. The van der Waals surface area contributed by atoms with Gasteiger partial charge in [0.2, 0.25) is 5.43 Å². The minimum Gasteiger partial charge on any atom is -0.404 e. The van der Waals surface area contributed by atoms with Crippen LogP contribution in [0.15, 0.2) is 71.6 Å². The molecule has 0 spiro atoms. The molecule has 0 bridgehead atoms. The van der Waals surface area contributed by atoms with Gasteiger partial charge in [-0.25, -0.2) is 9.07 Å². The molecule has 0 aliphatic carbocycles. The molecular weight excluding hydrogens is 363 g/mol. The molecule has 2 aromatic heterocycles. The van der Waals surface area contributed by atoms with E-state index in [1.54, 1.807) is 18.2 Å². The molecule has 0 radical (unpaired) electrons. The molecule has 2 aromatic rings. The zero-order valence-electron chi connectivity index (χ0n) is 15.9. The van der Waals surface area contributed by atoms with Crippen LogP contribution in [0.5, 0.6) is 0 Å². The van der Waals surface area contributed by atoms with Crippen molar-refractivity contribution in [2.75, 3.05) is 6.61 Å². The fourth-order valence-electron chi connectivity index (χ4n) is 2.38. The summed E-state index contributed by atoms with van der Waals surface area (Å²) in [6.45, 7) is 7.83. The average molecular weight is 387 g/mol. The molecule has 0 saturated heterocycles. The Morgan fingerprint density at radius 3 is 2.93 bits per heavy atom. The highest BCUT2D eigenvalue weighted by molar-refractivity contribution is 5.32. The van der Waals surface area contributed by atoms with Crippen LogP contribution in [0, 0.1) is 5.82 Å². The number of ether oxygens (including phenoxy) is 1. The van der Waals surface area contributed by atoms with Crippen molar-refractivity contribution in [2.45, 2.75) is 26.7 Å². The van der Waals surface area contributed by atoms with E-state index in [0.29, 0.717) is 18.0 Å². The molecule has 0 aliphatic rings. The van der Waals surface area contributed by atoms with Gasteiger partial charge in [-0.1, -0.05) is 18.7 Å². The fourth-order valence-corrected chi connectivity index (χ4v) is 2.38. The third-order valence-corrected chi connectivity index (χ3v) is 3.75. The van der Waals surface area contributed by atoms with Gasteiger partial charge >= 0.3 is 6.41 Å². The van der Waals surface area contributed by atoms with Crippen molar-refractivity contribution in [3.05, 3.63) is 88.5 Å². The SMILES string of the molecule is C=C/C(=C\C(=C/C)NC([OH2+])OCC)Cc1nn(-c2cncc(F)c2)ccc1=O. The summed E-state index contributed by atoms with van der Waals surface area (Å²) < 4.78 is 20.0. The molecule has 0 aliphatic heterocycles. The number of pyridine rings is 1. The number of hydrogen-bond donors (Lipinski definition) is 1. The first-order valence-electron chi connectivity index (χ1n) is 8.75. The summed E-state index contributed by atoms with van der Waals surface area (Å²) in [6.07, 6.45) is 8.53. The van der Waals surface area contributed by atoms with Gasteiger partial charge in [-0.3, -0.25) is 19.8 Å². The quantitative estimate of drug-likeness (QED) is 0.403. The largest absolute Gasteiger partial charge is 0.404 e. The van der Waals surface area contributed by atoms with Gasteiger partial charge < -0.3 is 5.11 Å². The Balaban J connectivity index is 2.27. The van der Waals surface area contributed by atoms with E-state index in [4.69, 9.17) is 9.84 Å². The van der Waals surface area contributed by atoms with E-state index in [1.807, 2.05) is 13.8 Å². The fraction of sp³-hybridized carbons (Fsp3) is 0.250. The summed E-state index contributed by atoms with van der Waals surface area (Å²) in [7, 11) is 0. The topological polar surface area (TPSA) is 91.9 Å². The molecule has 1 unspecified atom stereocenters. The van der Waals surface area contributed by atoms with Crippen LogP contribution < -0.4 is 10.7 Å². The van der Waals surface area contributed by atoms with Gasteiger partial charge in [-0.05, 0) is 25.5 Å². The summed E-state index contributed by atoms with van der Waals surface area (Å²) in [5, 5.41) is 15.0. The predicted molar refractivity (Wildman–Crippen MR) is 105 cm³/mol. The standard InChI is InChI=1S/C20H23FN4O3/c1-4-14(9-16(5-2)23-20(27)28-6-3)10-18-19(26)7-8-25(24-18)17-11-15(21)12-22-13-17/h4-5,7-9,11-13,20,23,27H,1,6,10H2,2-3H3/p+1/b14-9+,16-5+. The van der Waals surface area contributed by atoms with E-state index < -0.39 is 12.2 Å². The van der Waals surface area contributed by atoms with Crippen LogP contribution >= 0.6 is 0 Å². The maximum atomic E-state index is 13.4. The highest BCUT2D eigenvalue weighted by Gasteiger charge is 2.10. The number of nitrogens with one attached hydrogen (secondary N) is 1. The van der Waals surface area contributed by atoms with Crippen LogP contribution in [0.1, 0.15) is 19.5 Å². The highest BCUT2D eigenvalue weighted by atomic mass is 19.1. The lowest BCUT2D eigenvalue weighted by Gasteiger charge is -2.12. The van der Waals surface area contributed by atoms with Crippen molar-refractivity contribution in [1.82, 2.24) is 20.1 Å². The van der Waals surface area contributed by atoms with Crippen LogP contribution in [0.25, 0.3) is 5.69 Å². The first-order chi connectivity index (χ1) is 13.5. The monoisotopic (exact) mass is 387 g/mol. The Morgan fingerprint density at radius 2 is 2.29 bits per heavy atom. The minimum atomic E-state index is -0.897. The molecule has 28 heavy (non-hydrogen) atoms. The lowest BCUT2D eigenvalue weighted by Crippen LogP contribution is -2.30. The van der Waals surface area contributed by atoms with E-state index in [1.165, 1.54) is 29.2 Å². The normalized spacial score (nSPS) is 13.3. The number of nitrogens with zero attached hydrogens (tertiary/aromatic N) is 3. The van der Waals surface area contributed by atoms with Crippen molar-refractivity contribution in [3.63, 3.8) is 0 Å². The maximum absolute atomic E-state index is 13.4. The van der Waals surface area contributed by atoms with Crippen molar-refractivity contribution in [2.24, 2.45) is 0 Å². The van der Waals surface area contributed by atoms with Gasteiger partial charge in [0.15, 0.2) is 0 Å². The molecule has 0 fully saturated rings. The molecule has 1 atom stereocenters. The van der Waals surface area contributed by atoms with Crippen molar-refractivity contribution >= 4 is 0 Å². The third kappa shape index (κ3) is 5.97. The maximum Gasteiger partial charge on any atom is 0.350 e. The highest BCUT2D eigenvalue weighted by Crippen LogP contribution is 2.10. The molecule has 2 rings (SSSR count). The van der Waals surface area contributed by atoms with Crippen LogP contribution in [0.3, 0.4) is 0 Å². The second kappa shape index (κ2) is 10.3. The van der Waals surface area contributed by atoms with E-state index in [9.17, 15) is 9.18 Å². The van der Waals surface area contributed by atoms with Crippen molar-refractivity contribution in [1.29, 1.82) is 0 Å². The molecule has 0 saturated carbocycles. The van der Waals surface area contributed by atoms with E-state index in [0.717, 1.165) is 11.8 Å². The first-order valence-corrected chi connectivity index (χ1v) is 8.75. The summed E-state index contributed by atoms with van der Waals surface area (Å²) in [5.74, 6) is -0.491. The Bertz CT molecular complexity index is 937. The summed E-state index contributed by atoms with van der Waals surface area (Å²) >= 11 is 0. The zero-order valence-corrected chi connectivity index (χ0v) is 15.9. The number of allylic oxidation sites excluding steroid dienone is 4. The minimum absolute atomic E-state index is 0.224. The molecule has 0 amide bonds. The van der Waals surface area contributed by atoms with E-state index in [-0.39, 0.29) is 17.5 Å². The van der Waals surface area contributed by atoms with Gasteiger partial charge in [0, 0.05) is 30.4 Å². The Morgan fingerprint density at radius 1 is 1.50 bits per heavy atom. The molecule has 0 aromatic carbocycles. The molecule has 148 valence electrons. The van der Waals surface area contributed by atoms with Gasteiger partial charge in [0.1, 0.15) is 11.5 Å². The smallest absolute Gasteiger partial charge is 0.350 e. The van der Waals surface area contributed by atoms with Gasteiger partial charge in [0.05, 0.1) is 24.7 Å². The second-order valence-electron chi connectivity index (χ2n) is 5.76. The number of aromatic nitrogens is 3. The van der Waals surface area contributed by atoms with Crippen LogP contribution in [0.4, 0.5) is 4.39 Å². The van der Waals surface area contributed by atoms with Crippen LogP contribution in [-0.2, 0) is 11.2 Å². The summed E-state index contributed by atoms with van der Waals surface area (Å²) in [4.78, 5) is 16.0. The Kier molecular flexibility index (Phi) is 7.79. The number of rotatable bonds is 9. The molecular formula is C20H24FN4O3+. The summed E-state index contributed by atoms with van der Waals surface area (Å²) in [5.41, 5.74) is 1.84. The first kappa shape index (κ1) is 21.2. The number of halogens is 1. The Labute approximate surface area is 162 Å².